The average molecular weight is 270 g/mol. The van der Waals surface area contributed by atoms with Gasteiger partial charge in [-0.25, -0.2) is 10.8 Å². The van der Waals surface area contributed by atoms with Gasteiger partial charge in [0.25, 0.3) is 0 Å². The normalized spacial score (nSPS) is 10.9. The number of pyridine rings is 1. The fraction of sp³-hybridized carbons (Fsp3) is 0.154. The summed E-state index contributed by atoms with van der Waals surface area (Å²) in [5.74, 6) is 4.88. The van der Waals surface area contributed by atoms with Gasteiger partial charge in [0.1, 0.15) is 5.65 Å². The molecule has 0 aliphatic carbocycles. The molecule has 3 aromatic heterocycles. The number of hydrogen-bond acceptors (Lipinski definition) is 4. The molecule has 102 valence electrons. The number of hydrogen-bond donors (Lipinski definition) is 3. The van der Waals surface area contributed by atoms with Crippen LogP contribution in [0.3, 0.4) is 0 Å². The molecule has 0 saturated carbocycles. The summed E-state index contributed by atoms with van der Waals surface area (Å²) in [7, 11) is 1.86. The van der Waals surface area contributed by atoms with Crippen LogP contribution < -0.4 is 11.3 Å². The number of nitrogens with two attached hydrogens (primary N) is 1. The van der Waals surface area contributed by atoms with Crippen molar-refractivity contribution in [2.75, 3.05) is 0 Å². The lowest BCUT2D eigenvalue weighted by atomic mass is 10.1. The molecular weight excluding hydrogens is 256 g/mol. The molecule has 7 heteroatoms. The number of aromatic amines is 1. The van der Waals surface area contributed by atoms with Crippen LogP contribution in [-0.4, -0.2) is 25.7 Å². The maximum Gasteiger partial charge on any atom is 0.238 e. The molecule has 0 radical (unpaired) electrons. The Hall–Kier alpha value is -2.67. The van der Waals surface area contributed by atoms with Gasteiger partial charge in [0.2, 0.25) is 5.91 Å². The van der Waals surface area contributed by atoms with Crippen molar-refractivity contribution in [2.45, 2.75) is 6.42 Å². The molecule has 0 spiro atoms. The Bertz CT molecular complexity index is 772. The van der Waals surface area contributed by atoms with E-state index in [4.69, 9.17) is 5.84 Å². The van der Waals surface area contributed by atoms with E-state index in [1.165, 1.54) is 0 Å². The third kappa shape index (κ3) is 2.14. The molecular formula is C13H14N6O. The molecule has 0 aromatic carbocycles. The zero-order valence-electron chi connectivity index (χ0n) is 10.9. The maximum absolute atomic E-state index is 11.4. The van der Waals surface area contributed by atoms with Crippen molar-refractivity contribution in [1.29, 1.82) is 0 Å². The van der Waals surface area contributed by atoms with Crippen molar-refractivity contribution in [3.8, 4) is 11.1 Å². The molecule has 20 heavy (non-hydrogen) atoms. The summed E-state index contributed by atoms with van der Waals surface area (Å²) in [4.78, 5) is 18.8. The number of aryl methyl sites for hydroxylation is 1. The van der Waals surface area contributed by atoms with Gasteiger partial charge in [0.05, 0.1) is 12.6 Å². The van der Waals surface area contributed by atoms with E-state index in [1.807, 2.05) is 19.3 Å². The first-order valence-corrected chi connectivity index (χ1v) is 6.12. The minimum absolute atomic E-state index is 0.217. The van der Waals surface area contributed by atoms with Crippen LogP contribution in [0.4, 0.5) is 0 Å². The van der Waals surface area contributed by atoms with E-state index in [9.17, 15) is 4.79 Å². The van der Waals surface area contributed by atoms with Crippen molar-refractivity contribution in [3.05, 3.63) is 36.4 Å². The molecule has 0 atom stereocenters. The second-order valence-electron chi connectivity index (χ2n) is 4.58. The third-order valence-corrected chi connectivity index (χ3v) is 3.17. The van der Waals surface area contributed by atoms with Gasteiger partial charge in [-0.3, -0.25) is 14.9 Å². The van der Waals surface area contributed by atoms with Gasteiger partial charge in [-0.2, -0.15) is 5.10 Å². The fourth-order valence-corrected chi connectivity index (χ4v) is 2.16. The molecule has 0 bridgehead atoms. The molecule has 0 aliphatic heterocycles. The Balaban J connectivity index is 2.05. The molecule has 7 nitrogen and oxygen atoms in total. The first-order chi connectivity index (χ1) is 9.67. The number of hydrazine groups is 1. The highest BCUT2D eigenvalue weighted by Crippen LogP contribution is 2.24. The lowest BCUT2D eigenvalue weighted by molar-refractivity contribution is -0.120. The zero-order chi connectivity index (χ0) is 14.1. The smallest absolute Gasteiger partial charge is 0.238 e. The molecule has 1 amide bonds. The zero-order valence-corrected chi connectivity index (χ0v) is 10.9. The molecule has 0 fully saturated rings. The van der Waals surface area contributed by atoms with E-state index in [0.29, 0.717) is 0 Å². The number of aromatic nitrogens is 4. The number of H-pyrrole nitrogens is 1. The van der Waals surface area contributed by atoms with Crippen molar-refractivity contribution < 1.29 is 4.79 Å². The second-order valence-corrected chi connectivity index (χ2v) is 4.58. The highest BCUT2D eigenvalue weighted by molar-refractivity contribution is 5.89. The highest BCUT2D eigenvalue weighted by atomic mass is 16.2. The van der Waals surface area contributed by atoms with Gasteiger partial charge in [-0.15, -0.1) is 0 Å². The van der Waals surface area contributed by atoms with Gasteiger partial charge in [0, 0.05) is 42.2 Å². The monoisotopic (exact) mass is 270 g/mol. The topological polar surface area (TPSA) is 102 Å². The Morgan fingerprint density at radius 1 is 1.45 bits per heavy atom. The van der Waals surface area contributed by atoms with E-state index in [-0.39, 0.29) is 12.3 Å². The number of nitrogens with zero attached hydrogens (tertiary/aromatic N) is 3. The van der Waals surface area contributed by atoms with Crippen molar-refractivity contribution in [2.24, 2.45) is 12.9 Å². The van der Waals surface area contributed by atoms with Crippen molar-refractivity contribution in [3.63, 3.8) is 0 Å². The Morgan fingerprint density at radius 2 is 2.30 bits per heavy atom. The van der Waals surface area contributed by atoms with Crippen LogP contribution in [0.25, 0.3) is 22.2 Å². The third-order valence-electron chi connectivity index (χ3n) is 3.17. The molecule has 3 aromatic rings. The summed E-state index contributed by atoms with van der Waals surface area (Å²) in [6, 6.07) is 2.00. The lowest BCUT2D eigenvalue weighted by Gasteiger charge is -2.00. The van der Waals surface area contributed by atoms with E-state index < -0.39 is 0 Å². The molecule has 0 saturated heterocycles. The van der Waals surface area contributed by atoms with Crippen molar-refractivity contribution in [1.82, 2.24) is 25.2 Å². The quantitative estimate of drug-likeness (QED) is 0.366. The van der Waals surface area contributed by atoms with E-state index >= 15 is 0 Å². The molecule has 0 aliphatic rings. The fourth-order valence-electron chi connectivity index (χ4n) is 2.16. The number of carbonyl (C=O) groups excluding carboxylic acids is 1. The number of amides is 1. The number of nitrogens with one attached hydrogen (secondary N) is 2. The van der Waals surface area contributed by atoms with Gasteiger partial charge >= 0.3 is 0 Å². The van der Waals surface area contributed by atoms with Crippen LogP contribution in [0.5, 0.6) is 0 Å². The second kappa shape index (κ2) is 4.78. The SMILES string of the molecule is Cn1cc(-c2cnc3[nH]cc(CC(=O)NN)c3c2)cn1. The minimum atomic E-state index is -0.238. The van der Waals surface area contributed by atoms with Crippen LogP contribution in [0.2, 0.25) is 0 Å². The molecule has 3 rings (SSSR count). The number of rotatable bonds is 3. The average Bonchev–Trinajstić information content (AvgIpc) is 3.05. The first kappa shape index (κ1) is 12.4. The summed E-state index contributed by atoms with van der Waals surface area (Å²) in [5, 5.41) is 5.06. The predicted octanol–water partition coefficient (Wildman–Crippen LogP) is 0.496. The summed E-state index contributed by atoms with van der Waals surface area (Å²) in [5.41, 5.74) is 5.68. The minimum Gasteiger partial charge on any atom is -0.346 e. The first-order valence-electron chi connectivity index (χ1n) is 6.12. The Labute approximate surface area is 114 Å². The van der Waals surface area contributed by atoms with Gasteiger partial charge in [-0.05, 0) is 11.6 Å². The van der Waals surface area contributed by atoms with E-state index in [2.05, 4.69) is 20.5 Å². The van der Waals surface area contributed by atoms with E-state index in [0.717, 1.165) is 27.7 Å². The van der Waals surface area contributed by atoms with Crippen LogP contribution in [-0.2, 0) is 18.3 Å². The molecule has 0 unspecified atom stereocenters. The predicted molar refractivity (Wildman–Crippen MR) is 74.3 cm³/mol. The van der Waals surface area contributed by atoms with Crippen LogP contribution in [0.15, 0.2) is 30.9 Å². The standard InChI is InChI=1S/C13H14N6O/c1-19-7-10(6-17-19)8-2-11-9(3-12(20)18-14)5-16-13(11)15-4-8/h2,4-7H,3,14H2,1H3,(H,15,16)(H,18,20). The Kier molecular flexibility index (Phi) is 2.96. The van der Waals surface area contributed by atoms with Crippen molar-refractivity contribution >= 4 is 16.9 Å². The molecule has 3 heterocycles. The summed E-state index contributed by atoms with van der Waals surface area (Å²) in [6.45, 7) is 0. The Morgan fingerprint density at radius 3 is 3.00 bits per heavy atom. The van der Waals surface area contributed by atoms with E-state index in [1.54, 1.807) is 23.3 Å². The van der Waals surface area contributed by atoms with Crippen LogP contribution >= 0.6 is 0 Å². The molecule has 4 N–H and O–H groups in total. The van der Waals surface area contributed by atoms with Gasteiger partial charge in [-0.1, -0.05) is 0 Å². The maximum atomic E-state index is 11.4. The highest BCUT2D eigenvalue weighted by Gasteiger charge is 2.10. The summed E-state index contributed by atoms with van der Waals surface area (Å²) in [6.07, 6.45) is 7.47. The summed E-state index contributed by atoms with van der Waals surface area (Å²) < 4.78 is 1.74. The lowest BCUT2D eigenvalue weighted by Crippen LogP contribution is -2.31. The van der Waals surface area contributed by atoms with Gasteiger partial charge < -0.3 is 4.98 Å². The van der Waals surface area contributed by atoms with Gasteiger partial charge in [0.15, 0.2) is 0 Å². The number of carbonyl (C=O) groups is 1. The van der Waals surface area contributed by atoms with Crippen LogP contribution in [0.1, 0.15) is 5.56 Å². The number of fused-ring (bicyclic) bond motifs is 1. The largest absolute Gasteiger partial charge is 0.346 e. The summed E-state index contributed by atoms with van der Waals surface area (Å²) >= 11 is 0. The van der Waals surface area contributed by atoms with Crippen LogP contribution in [0, 0.1) is 0 Å².